The second-order valence-electron chi connectivity index (χ2n) is 10.2. The van der Waals surface area contributed by atoms with Crippen LogP contribution in [0.25, 0.3) is 0 Å². The van der Waals surface area contributed by atoms with Gasteiger partial charge in [-0.2, -0.15) is 4.31 Å². The molecule has 0 amide bonds. The molecule has 3 aromatic rings. The van der Waals surface area contributed by atoms with Gasteiger partial charge in [-0.1, -0.05) is 82.2 Å². The second kappa shape index (κ2) is 11.2. The molecule has 2 saturated heterocycles. The maximum atomic E-state index is 14.3. The smallest absolute Gasteiger partial charge is 0.243 e. The van der Waals surface area contributed by atoms with Crippen molar-refractivity contribution in [1.82, 2.24) is 9.62 Å². The molecule has 2 aliphatic heterocycles. The van der Waals surface area contributed by atoms with Crippen molar-refractivity contribution in [3.8, 4) is 0 Å². The van der Waals surface area contributed by atoms with Gasteiger partial charge in [-0.15, -0.1) is 0 Å². The van der Waals surface area contributed by atoms with E-state index in [1.54, 1.807) is 12.1 Å². The molecule has 0 saturated carbocycles. The molecule has 4 atom stereocenters. The van der Waals surface area contributed by atoms with E-state index in [1.807, 2.05) is 87.5 Å². The molecule has 0 aliphatic carbocycles. The third-order valence-corrected chi connectivity index (χ3v) is 9.51. The highest BCUT2D eigenvalue weighted by Crippen LogP contribution is 2.41. The summed E-state index contributed by atoms with van der Waals surface area (Å²) < 4.78 is 49.6. The molecule has 2 fully saturated rings. The first-order valence-electron chi connectivity index (χ1n) is 12.7. The number of halogens is 1. The van der Waals surface area contributed by atoms with Crippen molar-refractivity contribution in [2.75, 3.05) is 6.54 Å². The van der Waals surface area contributed by atoms with Crippen LogP contribution in [0.1, 0.15) is 30.5 Å². The molecule has 0 radical (unpaired) electrons. The average molecular weight is 602 g/mol. The predicted octanol–water partition coefficient (Wildman–Crippen LogP) is 4.98. The van der Waals surface area contributed by atoms with Gasteiger partial charge in [0.25, 0.3) is 0 Å². The van der Waals surface area contributed by atoms with Crippen LogP contribution in [-0.4, -0.2) is 49.6 Å². The van der Waals surface area contributed by atoms with Gasteiger partial charge in [0.1, 0.15) is 6.10 Å². The molecule has 202 valence electrons. The first-order chi connectivity index (χ1) is 18.1. The number of nitrogens with zero attached hydrogens (tertiary/aromatic N) is 1. The van der Waals surface area contributed by atoms with E-state index in [-0.39, 0.29) is 11.4 Å². The molecular weight excluding hydrogens is 568 g/mol. The van der Waals surface area contributed by atoms with E-state index in [4.69, 9.17) is 14.2 Å². The number of ether oxygens (including phenoxy) is 3. The van der Waals surface area contributed by atoms with Gasteiger partial charge < -0.3 is 19.5 Å². The van der Waals surface area contributed by atoms with Crippen LogP contribution in [0.15, 0.2) is 88.2 Å². The molecule has 0 spiro atoms. The van der Waals surface area contributed by atoms with Gasteiger partial charge in [0, 0.05) is 24.1 Å². The van der Waals surface area contributed by atoms with E-state index >= 15 is 0 Å². The first kappa shape index (κ1) is 27.5. The van der Waals surface area contributed by atoms with Crippen molar-refractivity contribution in [1.29, 1.82) is 0 Å². The van der Waals surface area contributed by atoms with Crippen molar-refractivity contribution in [2.24, 2.45) is 0 Å². The van der Waals surface area contributed by atoms with Gasteiger partial charge >= 0.3 is 0 Å². The summed E-state index contributed by atoms with van der Waals surface area (Å²) in [5.41, 5.74) is 2.97. The van der Waals surface area contributed by atoms with Crippen molar-refractivity contribution in [3.05, 3.63) is 100 Å². The Bertz CT molecular complexity index is 1350. The summed E-state index contributed by atoms with van der Waals surface area (Å²) in [7, 11) is -3.93. The Labute approximate surface area is 233 Å². The lowest BCUT2D eigenvalue weighted by Gasteiger charge is -2.35. The third-order valence-electron chi connectivity index (χ3n) is 6.88. The summed E-state index contributed by atoms with van der Waals surface area (Å²) in [5.74, 6) is -0.886. The minimum Gasteiger partial charge on any atom is -0.343 e. The van der Waals surface area contributed by atoms with Gasteiger partial charge in [0.05, 0.1) is 17.0 Å². The van der Waals surface area contributed by atoms with Gasteiger partial charge in [0.2, 0.25) is 10.0 Å². The van der Waals surface area contributed by atoms with Crippen molar-refractivity contribution in [2.45, 2.75) is 69.1 Å². The van der Waals surface area contributed by atoms with Crippen molar-refractivity contribution < 1.29 is 22.6 Å². The SMILES string of the molecule is Cc1ccc(S(=O)(=O)N(Cc2ccccc2Br)[C@@H]2[C@H]3OC(C)(C)O[C@H]3O[C@@H]2CNCc2ccccc2)cc1. The second-order valence-corrected chi connectivity index (χ2v) is 12.9. The number of nitrogens with one attached hydrogen (secondary N) is 1. The summed E-state index contributed by atoms with van der Waals surface area (Å²) in [6.07, 6.45) is -1.75. The van der Waals surface area contributed by atoms with Gasteiger partial charge in [-0.3, -0.25) is 0 Å². The summed E-state index contributed by atoms with van der Waals surface area (Å²) in [6, 6.07) is 24.0. The maximum Gasteiger partial charge on any atom is 0.243 e. The predicted molar refractivity (Wildman–Crippen MR) is 149 cm³/mol. The molecule has 0 bridgehead atoms. The zero-order valence-electron chi connectivity index (χ0n) is 21.7. The van der Waals surface area contributed by atoms with Crippen LogP contribution in [0.4, 0.5) is 0 Å². The number of hydrogen-bond donors (Lipinski definition) is 1. The van der Waals surface area contributed by atoms with E-state index in [0.29, 0.717) is 13.1 Å². The molecule has 3 aromatic carbocycles. The minimum atomic E-state index is -3.93. The van der Waals surface area contributed by atoms with Crippen molar-refractivity contribution >= 4 is 26.0 Å². The van der Waals surface area contributed by atoms with Crippen LogP contribution in [0.2, 0.25) is 0 Å². The van der Waals surface area contributed by atoms with Gasteiger partial charge in [-0.25, -0.2) is 8.42 Å². The molecular formula is C29H33BrN2O5S. The lowest BCUT2D eigenvalue weighted by atomic mass is 10.1. The van der Waals surface area contributed by atoms with E-state index in [2.05, 4.69) is 21.2 Å². The van der Waals surface area contributed by atoms with Crippen LogP contribution in [0.3, 0.4) is 0 Å². The Kier molecular flexibility index (Phi) is 8.07. The fourth-order valence-corrected chi connectivity index (χ4v) is 7.07. The first-order valence-corrected chi connectivity index (χ1v) is 14.9. The molecule has 2 aliphatic rings. The van der Waals surface area contributed by atoms with E-state index < -0.39 is 40.4 Å². The third kappa shape index (κ3) is 5.89. The van der Waals surface area contributed by atoms with Crippen LogP contribution in [0.5, 0.6) is 0 Å². The van der Waals surface area contributed by atoms with Gasteiger partial charge in [-0.05, 0) is 50.1 Å². The van der Waals surface area contributed by atoms with Crippen LogP contribution in [0, 0.1) is 6.92 Å². The van der Waals surface area contributed by atoms with Crippen molar-refractivity contribution in [3.63, 3.8) is 0 Å². The van der Waals surface area contributed by atoms with E-state index in [1.165, 1.54) is 4.31 Å². The Hall–Kier alpha value is -2.11. The van der Waals surface area contributed by atoms with Crippen LogP contribution < -0.4 is 5.32 Å². The van der Waals surface area contributed by atoms with E-state index in [9.17, 15) is 8.42 Å². The topological polar surface area (TPSA) is 77.1 Å². The average Bonchev–Trinajstić information content (AvgIpc) is 3.35. The Morgan fingerprint density at radius 2 is 1.63 bits per heavy atom. The minimum absolute atomic E-state index is 0.147. The lowest BCUT2D eigenvalue weighted by Crippen LogP contribution is -2.53. The highest BCUT2D eigenvalue weighted by Gasteiger charge is 2.58. The zero-order valence-corrected chi connectivity index (χ0v) is 24.1. The quantitative estimate of drug-likeness (QED) is 0.373. The molecule has 0 unspecified atom stereocenters. The Morgan fingerprint density at radius 3 is 2.34 bits per heavy atom. The number of sulfonamides is 1. The number of rotatable bonds is 9. The molecule has 5 rings (SSSR count). The fraction of sp³-hybridized carbons (Fsp3) is 0.379. The normalized spacial score (nSPS) is 24.6. The molecule has 0 aromatic heterocycles. The van der Waals surface area contributed by atoms with Crippen LogP contribution >= 0.6 is 15.9 Å². The highest BCUT2D eigenvalue weighted by atomic mass is 79.9. The number of fused-ring (bicyclic) bond motifs is 1. The monoisotopic (exact) mass is 600 g/mol. The van der Waals surface area contributed by atoms with E-state index in [0.717, 1.165) is 21.2 Å². The zero-order chi connectivity index (χ0) is 26.9. The maximum absolute atomic E-state index is 14.3. The molecule has 2 heterocycles. The standard InChI is InChI=1S/C29H33BrN2O5S/c1-20-13-15-23(16-14-20)38(33,34)32(19-22-11-7-8-12-24(22)30)26-25(18-31-17-21-9-5-4-6-10-21)35-28-27(26)36-29(2,3)37-28/h4-16,25-28,31H,17-19H2,1-3H3/t25-,26+,27-,28-/m1/s1. The fourth-order valence-electron chi connectivity index (χ4n) is 5.02. The lowest BCUT2D eigenvalue weighted by molar-refractivity contribution is -0.208. The largest absolute Gasteiger partial charge is 0.343 e. The van der Waals surface area contributed by atoms with Gasteiger partial charge in [0.15, 0.2) is 12.1 Å². The molecule has 9 heteroatoms. The number of hydrogen-bond acceptors (Lipinski definition) is 6. The molecule has 38 heavy (non-hydrogen) atoms. The highest BCUT2D eigenvalue weighted by molar-refractivity contribution is 9.10. The molecule has 1 N–H and O–H groups in total. The van der Waals surface area contributed by atoms with Crippen LogP contribution in [-0.2, 0) is 37.3 Å². The number of benzene rings is 3. The summed E-state index contributed by atoms with van der Waals surface area (Å²) >= 11 is 3.60. The summed E-state index contributed by atoms with van der Waals surface area (Å²) in [4.78, 5) is 0.229. The summed E-state index contributed by atoms with van der Waals surface area (Å²) in [5, 5.41) is 3.45. The number of aryl methyl sites for hydroxylation is 1. The summed E-state index contributed by atoms with van der Waals surface area (Å²) in [6.45, 7) is 6.78. The Balaban J connectivity index is 1.51. The molecule has 7 nitrogen and oxygen atoms in total. The Morgan fingerprint density at radius 1 is 0.947 bits per heavy atom.